The van der Waals surface area contributed by atoms with Crippen molar-refractivity contribution in [2.24, 2.45) is 0 Å². The van der Waals surface area contributed by atoms with Gasteiger partial charge in [0.15, 0.2) is 11.5 Å². The van der Waals surface area contributed by atoms with Gasteiger partial charge in [0.2, 0.25) is 6.29 Å². The van der Waals surface area contributed by atoms with E-state index < -0.39 is 24.6 Å². The van der Waals surface area contributed by atoms with Crippen LogP contribution in [0.1, 0.15) is 22.7 Å². The molecule has 2 aromatic carbocycles. The Morgan fingerprint density at radius 2 is 1.81 bits per heavy atom. The number of phenolic OH excluding ortho intramolecular Hbond substituents is 1. The van der Waals surface area contributed by atoms with E-state index in [1.165, 1.54) is 0 Å². The van der Waals surface area contributed by atoms with Gasteiger partial charge in [0, 0.05) is 12.6 Å². The van der Waals surface area contributed by atoms with Gasteiger partial charge in [-0.3, -0.25) is 4.90 Å². The molecule has 8 heteroatoms. The lowest BCUT2D eigenvalue weighted by molar-refractivity contribution is -0.242. The van der Waals surface area contributed by atoms with E-state index in [4.69, 9.17) is 14.2 Å². The van der Waals surface area contributed by atoms with Gasteiger partial charge in [-0.1, -0.05) is 12.1 Å². The van der Waals surface area contributed by atoms with E-state index in [9.17, 15) is 20.4 Å². The molecule has 2 aliphatic heterocycles. The lowest BCUT2D eigenvalue weighted by atomic mass is 9.88. The van der Waals surface area contributed by atoms with E-state index in [1.807, 2.05) is 24.3 Å². The zero-order chi connectivity index (χ0) is 22.1. The highest BCUT2D eigenvalue weighted by Crippen LogP contribution is 2.40. The third-order valence-electron chi connectivity index (χ3n) is 6.11. The molecule has 2 aliphatic rings. The number of ether oxygens (including phenoxy) is 3. The molecular formula is C23H29NO7. The summed E-state index contributed by atoms with van der Waals surface area (Å²) in [5.74, 6) is 1.16. The molecule has 2 heterocycles. The number of hydrogen-bond acceptors (Lipinski definition) is 8. The van der Waals surface area contributed by atoms with Crippen molar-refractivity contribution in [3.05, 3.63) is 53.1 Å². The fourth-order valence-electron chi connectivity index (χ4n) is 4.22. The molecular weight excluding hydrogens is 402 g/mol. The minimum absolute atomic E-state index is 0.0890. The summed E-state index contributed by atoms with van der Waals surface area (Å²) < 4.78 is 16.8. The molecule has 2 aromatic rings. The molecule has 4 rings (SSSR count). The maximum atomic E-state index is 10.3. The summed E-state index contributed by atoms with van der Waals surface area (Å²) >= 11 is 0. The monoisotopic (exact) mass is 431 g/mol. The molecule has 5 atom stereocenters. The zero-order valence-electron chi connectivity index (χ0n) is 17.6. The van der Waals surface area contributed by atoms with Gasteiger partial charge in [0.1, 0.15) is 24.1 Å². The first-order valence-corrected chi connectivity index (χ1v) is 10.4. The largest absolute Gasteiger partial charge is 0.508 e. The second-order valence-corrected chi connectivity index (χ2v) is 8.19. The maximum absolute atomic E-state index is 10.3. The minimum atomic E-state index is -1.39. The van der Waals surface area contributed by atoms with Crippen LogP contribution in [-0.2, 0) is 17.6 Å². The van der Waals surface area contributed by atoms with Gasteiger partial charge < -0.3 is 34.6 Å². The first-order chi connectivity index (χ1) is 14.9. The number of rotatable bonds is 5. The minimum Gasteiger partial charge on any atom is -0.508 e. The van der Waals surface area contributed by atoms with Gasteiger partial charge in [0.05, 0.1) is 13.7 Å². The molecule has 0 spiro atoms. The first kappa shape index (κ1) is 21.9. The summed E-state index contributed by atoms with van der Waals surface area (Å²) in [6, 6.07) is 11.1. The predicted octanol–water partition coefficient (Wildman–Crippen LogP) is 0.990. The van der Waals surface area contributed by atoms with Crippen molar-refractivity contribution < 1.29 is 34.6 Å². The molecule has 168 valence electrons. The first-order valence-electron chi connectivity index (χ1n) is 10.4. The average molecular weight is 431 g/mol. The van der Waals surface area contributed by atoms with Crippen LogP contribution in [0.25, 0.3) is 0 Å². The molecule has 0 radical (unpaired) electrons. The summed E-state index contributed by atoms with van der Waals surface area (Å²) in [7, 11) is 3.62. The Kier molecular flexibility index (Phi) is 6.36. The number of methoxy groups -OCH3 is 1. The van der Waals surface area contributed by atoms with E-state index in [0.717, 1.165) is 36.1 Å². The van der Waals surface area contributed by atoms with Crippen molar-refractivity contribution in [3.8, 4) is 17.2 Å². The van der Waals surface area contributed by atoms with Crippen LogP contribution in [0.3, 0.4) is 0 Å². The molecule has 0 amide bonds. The lowest BCUT2D eigenvalue weighted by Gasteiger charge is -2.37. The summed E-state index contributed by atoms with van der Waals surface area (Å²) in [6.07, 6.45) is -3.41. The number of nitrogens with zero attached hydrogens (tertiary/aromatic N) is 1. The van der Waals surface area contributed by atoms with E-state index in [2.05, 4.69) is 11.9 Å². The van der Waals surface area contributed by atoms with Crippen LogP contribution < -0.4 is 9.47 Å². The van der Waals surface area contributed by atoms with Gasteiger partial charge in [0.25, 0.3) is 0 Å². The van der Waals surface area contributed by atoms with Gasteiger partial charge in [-0.25, -0.2) is 0 Å². The third-order valence-corrected chi connectivity index (χ3v) is 6.11. The second-order valence-electron chi connectivity index (χ2n) is 8.19. The lowest BCUT2D eigenvalue weighted by Crippen LogP contribution is -2.54. The molecule has 0 aliphatic carbocycles. The van der Waals surface area contributed by atoms with Crippen molar-refractivity contribution in [3.63, 3.8) is 0 Å². The molecule has 1 fully saturated rings. The second kappa shape index (κ2) is 9.02. The smallest absolute Gasteiger partial charge is 0.229 e. The molecule has 4 N–H and O–H groups in total. The Morgan fingerprint density at radius 1 is 1.06 bits per heavy atom. The van der Waals surface area contributed by atoms with Crippen LogP contribution in [0.2, 0.25) is 0 Å². The number of aliphatic hydroxyl groups excluding tert-OH is 3. The summed E-state index contributed by atoms with van der Waals surface area (Å²) in [5, 5.41) is 39.5. The number of hydrogen-bond donors (Lipinski definition) is 4. The molecule has 0 saturated carbocycles. The van der Waals surface area contributed by atoms with Crippen molar-refractivity contribution in [1.29, 1.82) is 0 Å². The summed E-state index contributed by atoms with van der Waals surface area (Å²) in [4.78, 5) is 2.28. The zero-order valence-corrected chi connectivity index (χ0v) is 17.6. The van der Waals surface area contributed by atoms with E-state index in [0.29, 0.717) is 11.5 Å². The number of aromatic hydroxyl groups is 1. The molecule has 0 aromatic heterocycles. The standard InChI is InChI=1S/C23H29NO7/c1-24-8-7-14-10-19(29-2)20(31-23-22(28)21(27)18(26)12-30-23)11-16(14)17(24)9-13-3-5-15(25)6-4-13/h3-6,10-11,17-18,21-23,25-28H,7-9,12H2,1-2H3. The average Bonchev–Trinajstić information content (AvgIpc) is 2.77. The number of fused-ring (bicyclic) bond motifs is 1. The Balaban J connectivity index is 1.63. The number of phenols is 1. The van der Waals surface area contributed by atoms with E-state index in [-0.39, 0.29) is 18.4 Å². The fourth-order valence-corrected chi connectivity index (χ4v) is 4.22. The SMILES string of the molecule is COc1cc2c(cc1OC1OCC(O)C(O)C1O)C(Cc1ccc(O)cc1)N(C)CC2. The Bertz CT molecular complexity index is 904. The summed E-state index contributed by atoms with van der Waals surface area (Å²) in [5.41, 5.74) is 3.35. The van der Waals surface area contributed by atoms with E-state index in [1.54, 1.807) is 19.2 Å². The van der Waals surface area contributed by atoms with Gasteiger partial charge in [-0.15, -0.1) is 0 Å². The Labute approximate surface area is 181 Å². The van der Waals surface area contributed by atoms with Crippen LogP contribution in [0.15, 0.2) is 36.4 Å². The quantitative estimate of drug-likeness (QED) is 0.555. The van der Waals surface area contributed by atoms with Crippen molar-refractivity contribution in [2.45, 2.75) is 43.5 Å². The van der Waals surface area contributed by atoms with Gasteiger partial charge in [-0.2, -0.15) is 0 Å². The van der Waals surface area contributed by atoms with Crippen LogP contribution in [-0.4, -0.2) is 77.2 Å². The highest BCUT2D eigenvalue weighted by Gasteiger charge is 2.39. The highest BCUT2D eigenvalue weighted by atomic mass is 16.7. The fraction of sp³-hybridized carbons (Fsp3) is 0.478. The van der Waals surface area contributed by atoms with Gasteiger partial charge in [-0.05, 0) is 60.8 Å². The Hall–Kier alpha value is -2.36. The van der Waals surface area contributed by atoms with E-state index >= 15 is 0 Å². The van der Waals surface area contributed by atoms with Crippen LogP contribution >= 0.6 is 0 Å². The third kappa shape index (κ3) is 4.49. The molecule has 31 heavy (non-hydrogen) atoms. The molecule has 8 nitrogen and oxygen atoms in total. The molecule has 5 unspecified atom stereocenters. The topological polar surface area (TPSA) is 112 Å². The number of likely N-dealkylation sites (N-methyl/N-ethyl adjacent to an activating group) is 1. The van der Waals surface area contributed by atoms with Crippen LogP contribution in [0.4, 0.5) is 0 Å². The van der Waals surface area contributed by atoms with Crippen LogP contribution in [0, 0.1) is 0 Å². The number of aliphatic hydroxyl groups is 3. The van der Waals surface area contributed by atoms with Gasteiger partial charge >= 0.3 is 0 Å². The highest BCUT2D eigenvalue weighted by molar-refractivity contribution is 5.50. The Morgan fingerprint density at radius 3 is 2.52 bits per heavy atom. The van der Waals surface area contributed by atoms with Crippen molar-refractivity contribution in [2.75, 3.05) is 27.3 Å². The van der Waals surface area contributed by atoms with Crippen molar-refractivity contribution in [1.82, 2.24) is 4.90 Å². The summed E-state index contributed by atoms with van der Waals surface area (Å²) in [6.45, 7) is 0.760. The maximum Gasteiger partial charge on any atom is 0.229 e. The molecule has 1 saturated heterocycles. The number of benzene rings is 2. The normalized spacial score (nSPS) is 28.7. The van der Waals surface area contributed by atoms with Crippen LogP contribution in [0.5, 0.6) is 17.2 Å². The van der Waals surface area contributed by atoms with Crippen molar-refractivity contribution >= 4 is 0 Å². The molecule has 0 bridgehead atoms. The predicted molar refractivity (Wildman–Crippen MR) is 112 cm³/mol.